The summed E-state index contributed by atoms with van der Waals surface area (Å²) in [6, 6.07) is 3.99. The van der Waals surface area contributed by atoms with Crippen molar-refractivity contribution in [3.05, 3.63) is 54.6 Å². The topological polar surface area (TPSA) is 58.0 Å². The molecule has 0 saturated carbocycles. The lowest BCUT2D eigenvalue weighted by molar-refractivity contribution is 0.178. The van der Waals surface area contributed by atoms with E-state index < -0.39 is 0 Å². The highest BCUT2D eigenvalue weighted by Gasteiger charge is 2.26. The van der Waals surface area contributed by atoms with Crippen LogP contribution >= 0.6 is 0 Å². The fourth-order valence-corrected chi connectivity index (χ4v) is 3.32. The maximum atomic E-state index is 13.9. The lowest BCUT2D eigenvalue weighted by Crippen LogP contribution is -2.51. The quantitative estimate of drug-likeness (QED) is 0.730. The predicted octanol–water partition coefficient (Wildman–Crippen LogP) is 2.27. The van der Waals surface area contributed by atoms with Crippen LogP contribution in [0.2, 0.25) is 0 Å². The molecule has 0 N–H and O–H groups in total. The van der Waals surface area contributed by atoms with Crippen molar-refractivity contribution in [1.82, 2.24) is 24.8 Å². The first-order valence-electron chi connectivity index (χ1n) is 8.34. The van der Waals surface area contributed by atoms with Crippen LogP contribution in [0.1, 0.15) is 12.5 Å². The molecule has 3 aromatic rings. The van der Waals surface area contributed by atoms with E-state index in [1.54, 1.807) is 31.0 Å². The Morgan fingerprint density at radius 2 is 1.96 bits per heavy atom. The van der Waals surface area contributed by atoms with Gasteiger partial charge in [-0.05, 0) is 19.1 Å². The van der Waals surface area contributed by atoms with Crippen molar-refractivity contribution in [2.45, 2.75) is 19.5 Å². The number of halogens is 1. The first-order chi connectivity index (χ1) is 12.2. The summed E-state index contributed by atoms with van der Waals surface area (Å²) in [5, 5.41) is 1.01. The van der Waals surface area contributed by atoms with Gasteiger partial charge in [-0.25, -0.2) is 14.4 Å². The lowest BCUT2D eigenvalue weighted by atomic mass is 10.1. The molecule has 1 saturated heterocycles. The molecule has 0 aromatic carbocycles. The van der Waals surface area contributed by atoms with Gasteiger partial charge >= 0.3 is 0 Å². The zero-order valence-corrected chi connectivity index (χ0v) is 14.0. The van der Waals surface area contributed by atoms with Crippen LogP contribution in [0.15, 0.2) is 43.2 Å². The van der Waals surface area contributed by atoms with Crippen molar-refractivity contribution in [1.29, 1.82) is 0 Å². The van der Waals surface area contributed by atoms with Gasteiger partial charge in [-0.1, -0.05) is 0 Å². The summed E-state index contributed by atoms with van der Waals surface area (Å²) in [6.45, 7) is 5.28. The van der Waals surface area contributed by atoms with Gasteiger partial charge in [-0.3, -0.25) is 14.9 Å². The number of rotatable bonds is 3. The molecule has 0 bridgehead atoms. The average Bonchev–Trinajstić information content (AvgIpc) is 2.64. The molecule has 25 heavy (non-hydrogen) atoms. The summed E-state index contributed by atoms with van der Waals surface area (Å²) < 4.78 is 13.9. The summed E-state index contributed by atoms with van der Waals surface area (Å²) in [4.78, 5) is 21.3. The van der Waals surface area contributed by atoms with Crippen molar-refractivity contribution in [2.75, 3.05) is 24.5 Å². The molecule has 4 rings (SSSR count). The highest BCUT2D eigenvalue weighted by molar-refractivity contribution is 5.88. The van der Waals surface area contributed by atoms with E-state index in [9.17, 15) is 4.39 Å². The molecule has 128 valence electrons. The first kappa shape index (κ1) is 15.8. The van der Waals surface area contributed by atoms with E-state index in [1.807, 2.05) is 6.07 Å². The molecule has 0 radical (unpaired) electrons. The Morgan fingerprint density at radius 3 is 2.80 bits per heavy atom. The van der Waals surface area contributed by atoms with Gasteiger partial charge < -0.3 is 4.90 Å². The third kappa shape index (κ3) is 3.15. The van der Waals surface area contributed by atoms with Crippen molar-refractivity contribution in [3.63, 3.8) is 0 Å². The molecule has 0 spiro atoms. The van der Waals surface area contributed by atoms with Crippen molar-refractivity contribution < 1.29 is 4.39 Å². The lowest BCUT2D eigenvalue weighted by Gasteiger charge is -2.40. The molecule has 1 unspecified atom stereocenters. The van der Waals surface area contributed by atoms with Gasteiger partial charge in [0.15, 0.2) is 0 Å². The second-order valence-electron chi connectivity index (χ2n) is 6.32. The number of anilines is 1. The van der Waals surface area contributed by atoms with Gasteiger partial charge in [0.25, 0.3) is 0 Å². The number of nitrogens with zero attached hydrogens (tertiary/aromatic N) is 6. The molecular weight excluding hydrogens is 319 g/mol. The number of piperazine rings is 1. The van der Waals surface area contributed by atoms with Crippen LogP contribution in [0.4, 0.5) is 10.2 Å². The van der Waals surface area contributed by atoms with E-state index in [2.05, 4.69) is 36.7 Å². The van der Waals surface area contributed by atoms with Crippen LogP contribution in [0.3, 0.4) is 0 Å². The van der Waals surface area contributed by atoms with Gasteiger partial charge in [-0.2, -0.15) is 0 Å². The van der Waals surface area contributed by atoms with Crippen LogP contribution < -0.4 is 4.90 Å². The van der Waals surface area contributed by atoms with E-state index in [1.165, 1.54) is 6.20 Å². The van der Waals surface area contributed by atoms with E-state index in [-0.39, 0.29) is 11.9 Å². The number of pyridine rings is 2. The van der Waals surface area contributed by atoms with Gasteiger partial charge in [0.2, 0.25) is 0 Å². The number of fused-ring (bicyclic) bond motifs is 1. The zero-order chi connectivity index (χ0) is 17.2. The Bertz CT molecular complexity index is 881. The summed E-state index contributed by atoms with van der Waals surface area (Å²) in [5.41, 5.74) is 1.54. The highest BCUT2D eigenvalue weighted by Crippen LogP contribution is 2.25. The first-order valence-corrected chi connectivity index (χ1v) is 8.34. The van der Waals surface area contributed by atoms with Crippen LogP contribution in [0.5, 0.6) is 0 Å². The van der Waals surface area contributed by atoms with Gasteiger partial charge in [0.05, 0.1) is 17.9 Å². The molecule has 4 heterocycles. The Labute approximate surface area is 145 Å². The predicted molar refractivity (Wildman–Crippen MR) is 93.6 cm³/mol. The summed E-state index contributed by atoms with van der Waals surface area (Å²) in [7, 11) is 0. The van der Waals surface area contributed by atoms with Crippen LogP contribution in [-0.4, -0.2) is 50.5 Å². The second-order valence-corrected chi connectivity index (χ2v) is 6.32. The SMILES string of the molecule is CC1CN(c2ncnc3cnccc23)CCN1Cc1ccncc1F. The van der Waals surface area contributed by atoms with Crippen molar-refractivity contribution in [2.24, 2.45) is 0 Å². The number of aromatic nitrogens is 4. The smallest absolute Gasteiger partial charge is 0.145 e. The fraction of sp³-hybridized carbons (Fsp3) is 0.333. The molecular formula is C18H19FN6. The van der Waals surface area contributed by atoms with E-state index in [0.717, 1.165) is 36.4 Å². The minimum Gasteiger partial charge on any atom is -0.353 e. The van der Waals surface area contributed by atoms with Gasteiger partial charge in [-0.15, -0.1) is 0 Å². The Hall–Kier alpha value is -2.67. The Morgan fingerprint density at radius 1 is 1.12 bits per heavy atom. The third-order valence-corrected chi connectivity index (χ3v) is 4.71. The van der Waals surface area contributed by atoms with E-state index >= 15 is 0 Å². The van der Waals surface area contributed by atoms with Crippen LogP contribution in [-0.2, 0) is 6.54 Å². The maximum absolute atomic E-state index is 13.9. The van der Waals surface area contributed by atoms with Gasteiger partial charge in [0.1, 0.15) is 18.0 Å². The molecule has 7 heteroatoms. The molecule has 0 aliphatic carbocycles. The summed E-state index contributed by atoms with van der Waals surface area (Å²) in [6.07, 6.45) is 8.02. The number of hydrogen-bond acceptors (Lipinski definition) is 6. The number of hydrogen-bond donors (Lipinski definition) is 0. The maximum Gasteiger partial charge on any atom is 0.145 e. The minimum atomic E-state index is -0.244. The van der Waals surface area contributed by atoms with Crippen molar-refractivity contribution >= 4 is 16.7 Å². The van der Waals surface area contributed by atoms with Crippen LogP contribution in [0, 0.1) is 5.82 Å². The van der Waals surface area contributed by atoms with E-state index in [0.29, 0.717) is 12.1 Å². The highest BCUT2D eigenvalue weighted by atomic mass is 19.1. The van der Waals surface area contributed by atoms with Crippen molar-refractivity contribution in [3.8, 4) is 0 Å². The Kier molecular flexibility index (Phi) is 4.23. The Balaban J connectivity index is 1.52. The fourth-order valence-electron chi connectivity index (χ4n) is 3.32. The van der Waals surface area contributed by atoms with Gasteiger partial charge in [0, 0.05) is 55.6 Å². The molecule has 0 amide bonds. The average molecular weight is 338 g/mol. The minimum absolute atomic E-state index is 0.244. The molecule has 1 aliphatic heterocycles. The summed E-state index contributed by atoms with van der Waals surface area (Å²) in [5.74, 6) is 0.695. The molecule has 1 atom stereocenters. The third-order valence-electron chi connectivity index (χ3n) is 4.71. The standard InChI is InChI=1S/C18H19FN6/c1-13-10-25(18-15-3-5-21-9-17(15)22-12-23-18)7-6-24(13)11-14-2-4-20-8-16(14)19/h2-5,8-9,12-13H,6-7,10-11H2,1H3. The monoisotopic (exact) mass is 338 g/mol. The molecule has 1 aliphatic rings. The molecule has 6 nitrogen and oxygen atoms in total. The van der Waals surface area contributed by atoms with Crippen LogP contribution in [0.25, 0.3) is 10.9 Å². The molecule has 3 aromatic heterocycles. The second kappa shape index (κ2) is 6.68. The molecule has 1 fully saturated rings. The zero-order valence-electron chi connectivity index (χ0n) is 14.0. The normalized spacial score (nSPS) is 18.6. The van der Waals surface area contributed by atoms with E-state index in [4.69, 9.17) is 0 Å². The summed E-state index contributed by atoms with van der Waals surface area (Å²) >= 11 is 0. The largest absolute Gasteiger partial charge is 0.353 e.